The highest BCUT2D eigenvalue weighted by molar-refractivity contribution is 14.0. The number of nitrogens with one attached hydrogen (secondary N) is 3. The van der Waals surface area contributed by atoms with Crippen molar-refractivity contribution in [3.63, 3.8) is 0 Å². The van der Waals surface area contributed by atoms with Gasteiger partial charge in [-0.25, -0.2) is 13.1 Å². The molecule has 7 nitrogen and oxygen atoms in total. The number of nitrogens with zero attached hydrogens (tertiary/aromatic N) is 1. The molecule has 9 heteroatoms. The SMILES string of the molecule is CN=C(NCCc1ccc(C)c(OC)c1)NCc1cccc(S(=O)(=O)NC)c1.I. The van der Waals surface area contributed by atoms with Crippen molar-refractivity contribution in [3.05, 3.63) is 59.2 Å². The van der Waals surface area contributed by atoms with Crippen molar-refractivity contribution in [2.24, 2.45) is 4.99 Å². The first kappa shape index (κ1) is 25.2. The number of sulfonamides is 1. The smallest absolute Gasteiger partial charge is 0.240 e. The molecular weight excluding hydrogens is 503 g/mol. The molecule has 0 aliphatic rings. The molecule has 0 aliphatic heterocycles. The highest BCUT2D eigenvalue weighted by atomic mass is 127. The van der Waals surface area contributed by atoms with Crippen LogP contribution in [0.15, 0.2) is 52.4 Å². The minimum absolute atomic E-state index is 0. The molecule has 3 N–H and O–H groups in total. The number of rotatable bonds is 8. The molecule has 0 aromatic heterocycles. The molecule has 0 fully saturated rings. The highest BCUT2D eigenvalue weighted by Crippen LogP contribution is 2.19. The average Bonchev–Trinajstić information content (AvgIpc) is 2.71. The van der Waals surface area contributed by atoms with Gasteiger partial charge in [0.15, 0.2) is 5.96 Å². The Morgan fingerprint density at radius 1 is 1.10 bits per heavy atom. The fourth-order valence-electron chi connectivity index (χ4n) is 2.69. The Bertz CT molecular complexity index is 933. The normalized spacial score (nSPS) is 11.5. The monoisotopic (exact) mass is 532 g/mol. The Morgan fingerprint density at radius 3 is 2.52 bits per heavy atom. The first-order chi connectivity index (χ1) is 13.4. The molecule has 160 valence electrons. The summed E-state index contributed by atoms with van der Waals surface area (Å²) in [5.41, 5.74) is 3.14. The standard InChI is InChI=1S/C20H28N4O3S.HI/c1-15-8-9-16(13-19(15)27-4)10-11-23-20(21-2)24-14-17-6-5-7-18(12-17)28(25,26)22-3;/h5-9,12-13,22H,10-11,14H2,1-4H3,(H2,21,23,24);1H. The molecule has 0 radical (unpaired) electrons. The molecule has 0 unspecified atom stereocenters. The Balaban J connectivity index is 0.00000420. The second-order valence-corrected chi connectivity index (χ2v) is 8.15. The number of hydrogen-bond acceptors (Lipinski definition) is 4. The van der Waals surface area contributed by atoms with E-state index < -0.39 is 10.0 Å². The zero-order valence-electron chi connectivity index (χ0n) is 17.2. The Hall–Kier alpha value is -1.85. The number of halogens is 1. The van der Waals surface area contributed by atoms with Gasteiger partial charge in [-0.3, -0.25) is 4.99 Å². The van der Waals surface area contributed by atoms with Crippen molar-refractivity contribution in [2.75, 3.05) is 27.7 Å². The molecule has 0 spiro atoms. The van der Waals surface area contributed by atoms with E-state index in [0.29, 0.717) is 19.0 Å². The third-order valence-electron chi connectivity index (χ3n) is 4.34. The van der Waals surface area contributed by atoms with Crippen LogP contribution in [0.4, 0.5) is 0 Å². The molecule has 29 heavy (non-hydrogen) atoms. The lowest BCUT2D eigenvalue weighted by atomic mass is 10.1. The topological polar surface area (TPSA) is 91.8 Å². The van der Waals surface area contributed by atoms with Crippen LogP contribution in [-0.2, 0) is 23.0 Å². The maximum absolute atomic E-state index is 11.9. The van der Waals surface area contributed by atoms with Crippen LogP contribution in [0.2, 0.25) is 0 Å². The Morgan fingerprint density at radius 2 is 1.86 bits per heavy atom. The Labute approximate surface area is 190 Å². The maximum Gasteiger partial charge on any atom is 0.240 e. The van der Waals surface area contributed by atoms with E-state index in [4.69, 9.17) is 4.74 Å². The van der Waals surface area contributed by atoms with E-state index in [2.05, 4.69) is 26.4 Å². The van der Waals surface area contributed by atoms with Gasteiger partial charge in [-0.05, 0) is 55.3 Å². The van der Waals surface area contributed by atoms with Gasteiger partial charge in [0.25, 0.3) is 0 Å². The number of ether oxygens (including phenoxy) is 1. The average molecular weight is 532 g/mol. The molecule has 0 atom stereocenters. The van der Waals surface area contributed by atoms with Gasteiger partial charge >= 0.3 is 0 Å². The van der Waals surface area contributed by atoms with Crippen molar-refractivity contribution >= 4 is 40.0 Å². The summed E-state index contributed by atoms with van der Waals surface area (Å²) in [7, 11) is 1.32. The van der Waals surface area contributed by atoms with Crippen LogP contribution in [0.5, 0.6) is 5.75 Å². The lowest BCUT2D eigenvalue weighted by Gasteiger charge is -2.13. The summed E-state index contributed by atoms with van der Waals surface area (Å²) in [6.45, 7) is 3.19. The van der Waals surface area contributed by atoms with Crippen LogP contribution in [0.3, 0.4) is 0 Å². The lowest BCUT2D eigenvalue weighted by Crippen LogP contribution is -2.37. The number of guanidine groups is 1. The van der Waals surface area contributed by atoms with Gasteiger partial charge in [0.05, 0.1) is 12.0 Å². The van der Waals surface area contributed by atoms with Crippen LogP contribution in [0.1, 0.15) is 16.7 Å². The largest absolute Gasteiger partial charge is 0.496 e. The molecular formula is C20H29IN4O3S. The van der Waals surface area contributed by atoms with Gasteiger partial charge in [0.1, 0.15) is 5.75 Å². The van der Waals surface area contributed by atoms with Crippen molar-refractivity contribution < 1.29 is 13.2 Å². The first-order valence-corrected chi connectivity index (χ1v) is 10.5. The molecule has 2 rings (SSSR count). The van der Waals surface area contributed by atoms with Gasteiger partial charge in [-0.15, -0.1) is 24.0 Å². The summed E-state index contributed by atoms with van der Waals surface area (Å²) >= 11 is 0. The van der Waals surface area contributed by atoms with Gasteiger partial charge < -0.3 is 15.4 Å². The van der Waals surface area contributed by atoms with Crippen molar-refractivity contribution in [1.29, 1.82) is 0 Å². The number of aryl methyl sites for hydroxylation is 1. The first-order valence-electron chi connectivity index (χ1n) is 9.00. The van der Waals surface area contributed by atoms with Crippen molar-refractivity contribution in [3.8, 4) is 5.75 Å². The number of aliphatic imine (C=N–C) groups is 1. The van der Waals surface area contributed by atoms with E-state index in [0.717, 1.165) is 23.3 Å². The summed E-state index contributed by atoms with van der Waals surface area (Å²) in [5, 5.41) is 6.46. The summed E-state index contributed by atoms with van der Waals surface area (Å²) in [4.78, 5) is 4.45. The van der Waals surface area contributed by atoms with E-state index >= 15 is 0 Å². The molecule has 0 saturated carbocycles. The van der Waals surface area contributed by atoms with Crippen LogP contribution in [-0.4, -0.2) is 42.1 Å². The second kappa shape index (κ2) is 12.0. The quantitative estimate of drug-likeness (QED) is 0.276. The second-order valence-electron chi connectivity index (χ2n) is 6.26. The number of methoxy groups -OCH3 is 1. The Kier molecular flexibility index (Phi) is 10.4. The third-order valence-corrected chi connectivity index (χ3v) is 5.75. The molecule has 0 heterocycles. The van der Waals surface area contributed by atoms with Crippen molar-refractivity contribution in [2.45, 2.75) is 24.8 Å². The van der Waals surface area contributed by atoms with Crippen LogP contribution >= 0.6 is 24.0 Å². The molecule has 2 aromatic carbocycles. The van der Waals surface area contributed by atoms with E-state index in [-0.39, 0.29) is 28.9 Å². The zero-order chi connectivity index (χ0) is 20.6. The lowest BCUT2D eigenvalue weighted by molar-refractivity contribution is 0.411. The summed E-state index contributed by atoms with van der Waals surface area (Å²) in [6.07, 6.45) is 0.827. The minimum atomic E-state index is -3.45. The molecule has 2 aromatic rings. The van der Waals surface area contributed by atoms with Crippen LogP contribution in [0, 0.1) is 6.92 Å². The van der Waals surface area contributed by atoms with Crippen LogP contribution in [0.25, 0.3) is 0 Å². The summed E-state index contributed by atoms with van der Waals surface area (Å²) < 4.78 is 31.5. The predicted molar refractivity (Wildman–Crippen MR) is 128 cm³/mol. The van der Waals surface area contributed by atoms with Gasteiger partial charge in [-0.2, -0.15) is 0 Å². The van der Waals surface area contributed by atoms with E-state index in [1.807, 2.05) is 25.1 Å². The summed E-state index contributed by atoms with van der Waals surface area (Å²) in [6, 6.07) is 13.0. The third kappa shape index (κ3) is 7.48. The van der Waals surface area contributed by atoms with E-state index in [9.17, 15) is 8.42 Å². The maximum atomic E-state index is 11.9. The minimum Gasteiger partial charge on any atom is -0.496 e. The zero-order valence-corrected chi connectivity index (χ0v) is 20.3. The summed E-state index contributed by atoms with van der Waals surface area (Å²) in [5.74, 6) is 1.54. The van der Waals surface area contributed by atoms with Gasteiger partial charge in [-0.1, -0.05) is 24.3 Å². The fraction of sp³-hybridized carbons (Fsp3) is 0.350. The highest BCUT2D eigenvalue weighted by Gasteiger charge is 2.11. The van der Waals surface area contributed by atoms with E-state index in [1.165, 1.54) is 12.6 Å². The number of hydrogen-bond donors (Lipinski definition) is 3. The molecule has 0 amide bonds. The fourth-order valence-corrected chi connectivity index (χ4v) is 3.49. The van der Waals surface area contributed by atoms with E-state index in [1.54, 1.807) is 32.4 Å². The van der Waals surface area contributed by atoms with Gasteiger partial charge in [0.2, 0.25) is 10.0 Å². The van der Waals surface area contributed by atoms with Gasteiger partial charge in [0, 0.05) is 20.1 Å². The molecule has 0 aliphatic carbocycles. The molecule has 0 saturated heterocycles. The van der Waals surface area contributed by atoms with Crippen LogP contribution < -0.4 is 20.1 Å². The predicted octanol–water partition coefficient (Wildman–Crippen LogP) is 2.44. The molecule has 0 bridgehead atoms. The van der Waals surface area contributed by atoms with Crippen molar-refractivity contribution in [1.82, 2.24) is 15.4 Å². The number of benzene rings is 2.